The van der Waals surface area contributed by atoms with Gasteiger partial charge in [0, 0.05) is 29.9 Å². The van der Waals surface area contributed by atoms with E-state index < -0.39 is 28.3 Å². The Balaban J connectivity index is 1.90. The van der Waals surface area contributed by atoms with Gasteiger partial charge in [-0.15, -0.1) is 0 Å². The van der Waals surface area contributed by atoms with Crippen molar-refractivity contribution in [3.63, 3.8) is 0 Å². The Kier molecular flexibility index (Phi) is 4.77. The zero-order chi connectivity index (χ0) is 21.2. The fraction of sp³-hybridized carbons (Fsp3) is 0.632. The van der Waals surface area contributed by atoms with Gasteiger partial charge in [-0.25, -0.2) is 17.4 Å². The molecular formula is C19H28BN3O5S. The number of hydrogen-bond donors (Lipinski definition) is 0. The molecule has 29 heavy (non-hydrogen) atoms. The summed E-state index contributed by atoms with van der Waals surface area (Å²) in [5.41, 5.74) is 0.832. The number of ether oxygens (including phenoxy) is 1. The van der Waals surface area contributed by atoms with Crippen LogP contribution in [0.5, 0.6) is 0 Å². The first kappa shape index (κ1) is 20.6. The number of fused-ring (bicyclic) bond motifs is 1. The monoisotopic (exact) mass is 421 g/mol. The van der Waals surface area contributed by atoms with Crippen LogP contribution in [0, 0.1) is 0 Å². The van der Waals surface area contributed by atoms with Crippen LogP contribution < -0.4 is 10.5 Å². The van der Waals surface area contributed by atoms with Gasteiger partial charge in [-0.05, 0) is 46.8 Å². The Morgan fingerprint density at radius 1 is 1.21 bits per heavy atom. The van der Waals surface area contributed by atoms with Gasteiger partial charge in [-0.3, -0.25) is 0 Å². The molecular weight excluding hydrogens is 393 g/mol. The lowest BCUT2D eigenvalue weighted by atomic mass is 9.83. The maximum absolute atomic E-state index is 12.3. The van der Waals surface area contributed by atoms with E-state index in [1.54, 1.807) is 12.3 Å². The summed E-state index contributed by atoms with van der Waals surface area (Å²) in [6.45, 7) is 12.0. The summed E-state index contributed by atoms with van der Waals surface area (Å²) in [5.74, 6) is 0. The smallest absolute Gasteiger partial charge is 0.398 e. The lowest BCUT2D eigenvalue weighted by molar-refractivity contribution is 0.00578. The predicted molar refractivity (Wildman–Crippen MR) is 113 cm³/mol. The van der Waals surface area contributed by atoms with Gasteiger partial charge in [-0.1, -0.05) is 0 Å². The van der Waals surface area contributed by atoms with Crippen LogP contribution >= 0.6 is 0 Å². The molecule has 2 saturated heterocycles. The zero-order valence-corrected chi connectivity index (χ0v) is 18.6. The molecule has 2 aliphatic heterocycles. The summed E-state index contributed by atoms with van der Waals surface area (Å²) in [4.78, 5) is 6.90. The number of anilines is 1. The molecule has 0 N–H and O–H groups in total. The number of nitrogens with zero attached hydrogens (tertiary/aromatic N) is 3. The molecule has 0 aromatic carbocycles. The third kappa shape index (κ3) is 3.46. The highest BCUT2D eigenvalue weighted by Gasteiger charge is 2.52. The van der Waals surface area contributed by atoms with Crippen molar-refractivity contribution in [3.8, 4) is 0 Å². The van der Waals surface area contributed by atoms with Gasteiger partial charge in [0.15, 0.2) is 5.65 Å². The minimum absolute atomic E-state index is 0.155. The molecule has 158 valence electrons. The van der Waals surface area contributed by atoms with Crippen molar-refractivity contribution in [2.45, 2.75) is 51.9 Å². The molecule has 8 nitrogen and oxygen atoms in total. The largest absolute Gasteiger partial charge is 0.514 e. The van der Waals surface area contributed by atoms with Gasteiger partial charge in [0.1, 0.15) is 0 Å². The molecule has 0 amide bonds. The van der Waals surface area contributed by atoms with E-state index in [4.69, 9.17) is 14.0 Å². The van der Waals surface area contributed by atoms with E-state index in [9.17, 15) is 8.42 Å². The van der Waals surface area contributed by atoms with E-state index in [0.717, 1.165) is 11.1 Å². The average molecular weight is 421 g/mol. The molecule has 10 heteroatoms. The Bertz CT molecular complexity index is 1030. The predicted octanol–water partition coefficient (Wildman–Crippen LogP) is 1.37. The van der Waals surface area contributed by atoms with Crippen molar-refractivity contribution in [1.29, 1.82) is 0 Å². The SMILES string of the molecule is C[C@@H]1COCCN1c1cc(B2OC(C)(C)C(C)(C)O2)nc2c1ccn2S(C)(=O)=O. The highest BCUT2D eigenvalue weighted by atomic mass is 32.2. The molecule has 2 aromatic heterocycles. The average Bonchev–Trinajstić information content (AvgIpc) is 3.13. The van der Waals surface area contributed by atoms with Crippen molar-refractivity contribution in [3.05, 3.63) is 18.3 Å². The topological polar surface area (TPSA) is 82.9 Å². The fourth-order valence-electron chi connectivity index (χ4n) is 3.76. The van der Waals surface area contributed by atoms with Gasteiger partial charge in [0.05, 0.1) is 36.3 Å². The highest BCUT2D eigenvalue weighted by molar-refractivity contribution is 7.89. The first-order valence-electron chi connectivity index (χ1n) is 9.83. The molecule has 0 bridgehead atoms. The molecule has 4 heterocycles. The lowest BCUT2D eigenvalue weighted by Gasteiger charge is -2.35. The van der Waals surface area contributed by atoms with Gasteiger partial charge in [0.25, 0.3) is 0 Å². The molecule has 0 saturated carbocycles. The number of hydrogen-bond acceptors (Lipinski definition) is 7. The summed E-state index contributed by atoms with van der Waals surface area (Å²) in [7, 11) is -4.18. The van der Waals surface area contributed by atoms with Crippen LogP contribution in [0.4, 0.5) is 5.69 Å². The molecule has 0 aliphatic carbocycles. The van der Waals surface area contributed by atoms with E-state index in [2.05, 4.69) is 16.8 Å². The molecule has 0 radical (unpaired) electrons. The number of pyridine rings is 1. The molecule has 0 unspecified atom stereocenters. The normalized spacial score (nSPS) is 24.4. The van der Waals surface area contributed by atoms with Crippen molar-refractivity contribution >= 4 is 39.5 Å². The van der Waals surface area contributed by atoms with Gasteiger partial charge in [-0.2, -0.15) is 0 Å². The van der Waals surface area contributed by atoms with Gasteiger partial charge in [0.2, 0.25) is 10.0 Å². The summed E-state index contributed by atoms with van der Waals surface area (Å²) < 4.78 is 43.8. The van der Waals surface area contributed by atoms with Crippen LogP contribution in [-0.2, 0) is 24.1 Å². The first-order chi connectivity index (χ1) is 13.4. The van der Waals surface area contributed by atoms with Crippen LogP contribution in [-0.4, -0.2) is 67.8 Å². The molecule has 2 aliphatic rings. The zero-order valence-electron chi connectivity index (χ0n) is 17.8. The molecule has 2 fully saturated rings. The van der Waals surface area contributed by atoms with Gasteiger partial charge >= 0.3 is 7.12 Å². The minimum Gasteiger partial charge on any atom is -0.398 e. The maximum atomic E-state index is 12.3. The van der Waals surface area contributed by atoms with Crippen LogP contribution in [0.3, 0.4) is 0 Å². The Hall–Kier alpha value is -1.62. The summed E-state index contributed by atoms with van der Waals surface area (Å²) in [6.07, 6.45) is 2.72. The van der Waals surface area contributed by atoms with Crippen molar-refractivity contribution in [2.24, 2.45) is 0 Å². The molecule has 1 atom stereocenters. The van der Waals surface area contributed by atoms with Crippen molar-refractivity contribution in [1.82, 2.24) is 8.96 Å². The summed E-state index contributed by atoms with van der Waals surface area (Å²) in [6, 6.07) is 3.91. The van der Waals surface area contributed by atoms with Gasteiger partial charge < -0.3 is 18.9 Å². The number of morpholine rings is 1. The van der Waals surface area contributed by atoms with E-state index in [1.165, 1.54) is 10.2 Å². The number of rotatable bonds is 3. The second kappa shape index (κ2) is 6.70. The quantitative estimate of drug-likeness (QED) is 0.693. The summed E-state index contributed by atoms with van der Waals surface area (Å²) >= 11 is 0. The second-order valence-electron chi connectivity index (χ2n) is 8.88. The highest BCUT2D eigenvalue weighted by Crippen LogP contribution is 2.37. The molecule has 0 spiro atoms. The van der Waals surface area contributed by atoms with Crippen LogP contribution in [0.15, 0.2) is 18.3 Å². The van der Waals surface area contributed by atoms with Crippen LogP contribution in [0.2, 0.25) is 0 Å². The Morgan fingerprint density at radius 2 is 1.86 bits per heavy atom. The van der Waals surface area contributed by atoms with Crippen LogP contribution in [0.25, 0.3) is 11.0 Å². The van der Waals surface area contributed by atoms with E-state index in [-0.39, 0.29) is 6.04 Å². The third-order valence-corrected chi connectivity index (χ3v) is 7.16. The Labute approximate surface area is 172 Å². The Morgan fingerprint density at radius 3 is 2.45 bits per heavy atom. The third-order valence-electron chi connectivity index (χ3n) is 6.15. The fourth-order valence-corrected chi connectivity index (χ4v) is 4.50. The van der Waals surface area contributed by atoms with Crippen molar-refractivity contribution in [2.75, 3.05) is 30.9 Å². The first-order valence-corrected chi connectivity index (χ1v) is 11.7. The second-order valence-corrected chi connectivity index (χ2v) is 10.7. The standard InChI is InChI=1S/C19H28BN3O5S/c1-13-12-26-10-9-22(13)15-11-16(20-27-18(2,3)19(4,5)28-20)21-17-14(15)7-8-23(17)29(6,24)25/h7-8,11,13H,9-10,12H2,1-6H3/t13-/m1/s1. The number of aromatic nitrogens is 2. The van der Waals surface area contributed by atoms with Crippen LogP contribution in [0.1, 0.15) is 34.6 Å². The molecule has 4 rings (SSSR count). The maximum Gasteiger partial charge on any atom is 0.514 e. The lowest BCUT2D eigenvalue weighted by Crippen LogP contribution is -2.45. The van der Waals surface area contributed by atoms with Crippen molar-refractivity contribution < 1.29 is 22.5 Å². The molecule has 2 aromatic rings. The van der Waals surface area contributed by atoms with E-state index in [0.29, 0.717) is 31.0 Å². The van der Waals surface area contributed by atoms with E-state index in [1.807, 2.05) is 33.8 Å². The van der Waals surface area contributed by atoms with E-state index >= 15 is 0 Å². The minimum atomic E-state index is -3.50. The summed E-state index contributed by atoms with van der Waals surface area (Å²) in [5, 5.41) is 0.782.